The Morgan fingerprint density at radius 2 is 2.08 bits per heavy atom. The molecule has 0 aromatic carbocycles. The zero-order valence-electron chi connectivity index (χ0n) is 15.7. The number of pyridine rings is 1. The summed E-state index contributed by atoms with van der Waals surface area (Å²) < 4.78 is 4.02. The smallest absolute Gasteiger partial charge is 0.155 e. The molecule has 4 rings (SSSR count). The van der Waals surface area contributed by atoms with Crippen molar-refractivity contribution >= 4 is 11.3 Å². The van der Waals surface area contributed by atoms with E-state index in [4.69, 9.17) is 4.98 Å². The molecule has 0 unspecified atom stereocenters. The highest BCUT2D eigenvalue weighted by Crippen LogP contribution is 2.18. The van der Waals surface area contributed by atoms with Gasteiger partial charge in [0, 0.05) is 54.9 Å². The lowest BCUT2D eigenvalue weighted by molar-refractivity contribution is 0.565. The van der Waals surface area contributed by atoms with Gasteiger partial charge < -0.3 is 9.72 Å². The number of aryl methyl sites for hydroxylation is 3. The van der Waals surface area contributed by atoms with Crippen LogP contribution in [0, 0.1) is 20.8 Å². The van der Waals surface area contributed by atoms with Gasteiger partial charge in [0.1, 0.15) is 5.65 Å². The second kappa shape index (κ2) is 6.53. The van der Waals surface area contributed by atoms with Gasteiger partial charge in [-0.1, -0.05) is 6.07 Å². The van der Waals surface area contributed by atoms with E-state index in [1.807, 2.05) is 29.9 Å². The van der Waals surface area contributed by atoms with Crippen molar-refractivity contribution in [1.29, 1.82) is 0 Å². The number of nitrogens with zero attached hydrogens (tertiary/aromatic N) is 5. The fraction of sp³-hybridized carbons (Fsp3) is 0.350. The first-order valence-electron chi connectivity index (χ1n) is 9.01. The fourth-order valence-corrected chi connectivity index (χ4v) is 3.45. The molecule has 0 aliphatic carbocycles. The van der Waals surface area contributed by atoms with E-state index >= 15 is 0 Å². The van der Waals surface area contributed by atoms with Crippen molar-refractivity contribution in [3.63, 3.8) is 0 Å². The molecule has 0 radical (unpaired) electrons. The van der Waals surface area contributed by atoms with Gasteiger partial charge in [0.15, 0.2) is 5.65 Å². The van der Waals surface area contributed by atoms with Crippen molar-refractivity contribution in [3.8, 4) is 0 Å². The summed E-state index contributed by atoms with van der Waals surface area (Å²) in [5.74, 6) is 0. The van der Waals surface area contributed by atoms with Gasteiger partial charge in [0.25, 0.3) is 0 Å². The molecule has 6 nitrogen and oxygen atoms in total. The van der Waals surface area contributed by atoms with Crippen LogP contribution >= 0.6 is 0 Å². The second-order valence-corrected chi connectivity index (χ2v) is 6.93. The van der Waals surface area contributed by atoms with Crippen molar-refractivity contribution in [1.82, 2.24) is 29.3 Å². The zero-order valence-corrected chi connectivity index (χ0v) is 15.7. The zero-order chi connectivity index (χ0) is 18.3. The molecule has 134 valence electrons. The van der Waals surface area contributed by atoms with E-state index in [0.717, 1.165) is 41.3 Å². The molecular weight excluding hydrogens is 324 g/mol. The molecule has 0 saturated carbocycles. The molecule has 0 bridgehead atoms. The van der Waals surface area contributed by atoms with Crippen LogP contribution in [0.15, 0.2) is 36.8 Å². The van der Waals surface area contributed by atoms with Gasteiger partial charge in [0.05, 0.1) is 11.4 Å². The van der Waals surface area contributed by atoms with Crippen molar-refractivity contribution < 1.29 is 0 Å². The molecule has 0 amide bonds. The summed E-state index contributed by atoms with van der Waals surface area (Å²) in [5, 5.41) is 8.12. The first kappa shape index (κ1) is 16.7. The third-order valence-electron chi connectivity index (χ3n) is 4.91. The van der Waals surface area contributed by atoms with Crippen molar-refractivity contribution in [2.24, 2.45) is 0 Å². The van der Waals surface area contributed by atoms with Gasteiger partial charge >= 0.3 is 0 Å². The van der Waals surface area contributed by atoms with Crippen molar-refractivity contribution in [2.45, 2.75) is 40.2 Å². The number of imidazole rings is 1. The van der Waals surface area contributed by atoms with E-state index in [-0.39, 0.29) is 6.04 Å². The maximum Gasteiger partial charge on any atom is 0.155 e. The lowest BCUT2D eigenvalue weighted by Crippen LogP contribution is -2.23. The van der Waals surface area contributed by atoms with Gasteiger partial charge in [-0.25, -0.2) is 14.5 Å². The van der Waals surface area contributed by atoms with Gasteiger partial charge in [-0.15, -0.1) is 0 Å². The summed E-state index contributed by atoms with van der Waals surface area (Å²) >= 11 is 0. The fourth-order valence-electron chi connectivity index (χ4n) is 3.45. The van der Waals surface area contributed by atoms with Crippen LogP contribution in [-0.2, 0) is 6.42 Å². The van der Waals surface area contributed by atoms with Gasteiger partial charge in [-0.05, 0) is 39.3 Å². The Morgan fingerprint density at radius 3 is 2.88 bits per heavy atom. The molecule has 1 atom stereocenters. The Kier molecular flexibility index (Phi) is 4.20. The predicted octanol–water partition coefficient (Wildman–Crippen LogP) is 3.20. The van der Waals surface area contributed by atoms with E-state index in [9.17, 15) is 0 Å². The molecule has 0 fully saturated rings. The molecule has 4 aromatic heterocycles. The summed E-state index contributed by atoms with van der Waals surface area (Å²) in [7, 11) is 0. The first-order chi connectivity index (χ1) is 12.5. The largest absolute Gasteiger partial charge is 0.310 e. The summed E-state index contributed by atoms with van der Waals surface area (Å²) in [6, 6.07) is 6.35. The van der Waals surface area contributed by atoms with E-state index in [1.54, 1.807) is 0 Å². The Labute approximate surface area is 152 Å². The van der Waals surface area contributed by atoms with Crippen molar-refractivity contribution in [3.05, 3.63) is 65.0 Å². The molecule has 6 heteroatoms. The molecular formula is C20H24N6. The maximum absolute atomic E-state index is 4.74. The van der Waals surface area contributed by atoms with Crippen LogP contribution in [0.4, 0.5) is 0 Å². The van der Waals surface area contributed by atoms with Crippen LogP contribution in [0.1, 0.15) is 41.2 Å². The minimum absolute atomic E-state index is 0.204. The predicted molar refractivity (Wildman–Crippen MR) is 103 cm³/mol. The summed E-state index contributed by atoms with van der Waals surface area (Å²) in [6.45, 7) is 9.21. The van der Waals surface area contributed by atoms with Gasteiger partial charge in [-0.2, -0.15) is 5.10 Å². The number of aromatic nitrogens is 5. The number of hydrogen-bond donors (Lipinski definition) is 1. The molecule has 0 saturated heterocycles. The molecule has 0 spiro atoms. The van der Waals surface area contributed by atoms with Crippen LogP contribution in [0.3, 0.4) is 0 Å². The standard InChI is InChI=1S/C20H24N6/c1-13-6-5-9-25-12-17(23-20(13)25)7-8-21-15(3)18-11-22-19-10-14(2)24-26(19)16(18)4/h5-6,9-12,15,21H,7-8H2,1-4H3/t15-/m1/s1. The molecule has 0 aliphatic heterocycles. The number of fused-ring (bicyclic) bond motifs is 2. The first-order valence-corrected chi connectivity index (χ1v) is 9.01. The highest BCUT2D eigenvalue weighted by molar-refractivity contribution is 5.48. The number of hydrogen-bond acceptors (Lipinski definition) is 4. The Morgan fingerprint density at radius 1 is 1.23 bits per heavy atom. The van der Waals surface area contributed by atoms with E-state index in [2.05, 4.69) is 58.9 Å². The lowest BCUT2D eigenvalue weighted by atomic mass is 10.1. The van der Waals surface area contributed by atoms with Gasteiger partial charge in [0.2, 0.25) is 0 Å². The highest BCUT2D eigenvalue weighted by Gasteiger charge is 2.13. The summed E-state index contributed by atoms with van der Waals surface area (Å²) in [6.07, 6.45) is 7.00. The third kappa shape index (κ3) is 2.97. The Bertz CT molecular complexity index is 1070. The second-order valence-electron chi connectivity index (χ2n) is 6.93. The average Bonchev–Trinajstić information content (AvgIpc) is 3.19. The molecule has 4 heterocycles. The van der Waals surface area contributed by atoms with Crippen molar-refractivity contribution in [2.75, 3.05) is 6.54 Å². The van der Waals surface area contributed by atoms with E-state index in [1.165, 1.54) is 11.1 Å². The normalized spacial score (nSPS) is 12.9. The molecule has 0 aliphatic rings. The van der Waals surface area contributed by atoms with Crippen LogP contribution < -0.4 is 5.32 Å². The quantitative estimate of drug-likeness (QED) is 0.602. The molecule has 1 N–H and O–H groups in total. The minimum Gasteiger partial charge on any atom is -0.310 e. The lowest BCUT2D eigenvalue weighted by Gasteiger charge is -2.16. The monoisotopic (exact) mass is 348 g/mol. The van der Waals surface area contributed by atoms with Crippen LogP contribution in [-0.4, -0.2) is 30.5 Å². The highest BCUT2D eigenvalue weighted by atomic mass is 15.3. The van der Waals surface area contributed by atoms with Crippen LogP contribution in [0.5, 0.6) is 0 Å². The van der Waals surface area contributed by atoms with Gasteiger partial charge in [-0.3, -0.25) is 0 Å². The molecule has 26 heavy (non-hydrogen) atoms. The van der Waals surface area contributed by atoms with Crippen LogP contribution in [0.25, 0.3) is 11.3 Å². The average molecular weight is 348 g/mol. The Balaban J connectivity index is 1.45. The van der Waals surface area contributed by atoms with E-state index in [0.29, 0.717) is 0 Å². The SMILES string of the molecule is Cc1cc2ncc([C@@H](C)NCCc3cn4cccc(C)c4n3)c(C)n2n1. The van der Waals surface area contributed by atoms with Crippen LogP contribution in [0.2, 0.25) is 0 Å². The number of rotatable bonds is 5. The molecule has 4 aromatic rings. The van der Waals surface area contributed by atoms with E-state index < -0.39 is 0 Å². The topological polar surface area (TPSA) is 59.5 Å². The Hall–Kier alpha value is -2.73. The summed E-state index contributed by atoms with van der Waals surface area (Å²) in [4.78, 5) is 9.27. The third-order valence-corrected chi connectivity index (χ3v) is 4.91. The number of nitrogens with one attached hydrogen (secondary N) is 1. The maximum atomic E-state index is 4.74. The minimum atomic E-state index is 0.204. The summed E-state index contributed by atoms with van der Waals surface area (Å²) in [5.41, 5.74) is 7.53.